The Labute approximate surface area is 150 Å². The highest BCUT2D eigenvalue weighted by atomic mass is 16.5. The summed E-state index contributed by atoms with van der Waals surface area (Å²) in [6, 6.07) is 1.39. The van der Waals surface area contributed by atoms with Gasteiger partial charge in [0, 0.05) is 0 Å². The molecule has 0 aliphatic rings. The zero-order chi connectivity index (χ0) is 19.9. The van der Waals surface area contributed by atoms with Gasteiger partial charge in [0.15, 0.2) is 0 Å². The van der Waals surface area contributed by atoms with Gasteiger partial charge in [0.25, 0.3) is 0 Å². The van der Waals surface area contributed by atoms with Gasteiger partial charge in [-0.05, 0) is 24.5 Å². The molecule has 0 heterocycles. The van der Waals surface area contributed by atoms with E-state index in [1.165, 1.54) is 0 Å². The Bertz CT molecular complexity index is 705. The minimum atomic E-state index is -1.60. The molecule has 8 heteroatoms. The molecule has 26 heavy (non-hydrogen) atoms. The van der Waals surface area contributed by atoms with Crippen LogP contribution in [0.15, 0.2) is 12.1 Å². The Morgan fingerprint density at radius 1 is 0.808 bits per heavy atom. The fourth-order valence-electron chi connectivity index (χ4n) is 2.37. The highest BCUT2D eigenvalue weighted by molar-refractivity contribution is 6.09. The van der Waals surface area contributed by atoms with E-state index in [4.69, 9.17) is 14.9 Å². The summed E-state index contributed by atoms with van der Waals surface area (Å²) in [6.45, 7) is 4.28. The van der Waals surface area contributed by atoms with Crippen LogP contribution in [-0.2, 0) is 4.74 Å². The Hall–Kier alpha value is -2.90. The first-order chi connectivity index (χ1) is 12.1. The zero-order valence-electron chi connectivity index (χ0n) is 14.7. The van der Waals surface area contributed by atoms with Crippen LogP contribution in [0.5, 0.6) is 0 Å². The number of unbranched alkanes of at least 4 members (excludes halogenated alkanes) is 2. The van der Waals surface area contributed by atoms with Crippen LogP contribution in [0.4, 0.5) is 0 Å². The molecule has 0 atom stereocenters. The van der Waals surface area contributed by atoms with Crippen LogP contribution in [-0.4, -0.2) is 45.8 Å². The van der Waals surface area contributed by atoms with E-state index in [0.717, 1.165) is 25.3 Å². The van der Waals surface area contributed by atoms with Crippen LogP contribution in [0.2, 0.25) is 0 Å². The number of benzene rings is 1. The van der Waals surface area contributed by atoms with E-state index in [2.05, 4.69) is 13.8 Å². The number of carboxylic acid groups (broad SMARTS) is 3. The Balaban J connectivity index is 2.94. The topological polar surface area (TPSA) is 138 Å². The number of carbonyl (C=O) groups excluding carboxylic acids is 1. The van der Waals surface area contributed by atoms with Gasteiger partial charge in [-0.25, -0.2) is 19.2 Å². The lowest BCUT2D eigenvalue weighted by molar-refractivity contribution is 0.0486. The van der Waals surface area contributed by atoms with Gasteiger partial charge in [0.1, 0.15) is 0 Å². The second-order valence-corrected chi connectivity index (χ2v) is 6.24. The lowest BCUT2D eigenvalue weighted by Gasteiger charge is -2.10. The SMILES string of the molecule is CC(C)CCCCCOC(=O)c1cc(C(=O)O)c(C(=O)O)cc1C(=O)O. The van der Waals surface area contributed by atoms with Crippen molar-refractivity contribution in [1.82, 2.24) is 0 Å². The fraction of sp³-hybridized carbons (Fsp3) is 0.444. The molecular weight excluding hydrogens is 344 g/mol. The molecule has 1 aromatic carbocycles. The molecule has 0 bridgehead atoms. The minimum absolute atomic E-state index is 0.0685. The first kappa shape index (κ1) is 21.1. The summed E-state index contributed by atoms with van der Waals surface area (Å²) in [4.78, 5) is 45.8. The van der Waals surface area contributed by atoms with Crippen molar-refractivity contribution < 1.29 is 39.2 Å². The van der Waals surface area contributed by atoms with E-state index in [9.17, 15) is 24.3 Å². The summed E-state index contributed by atoms with van der Waals surface area (Å²) in [7, 11) is 0. The Morgan fingerprint density at radius 3 is 1.73 bits per heavy atom. The summed E-state index contributed by atoms with van der Waals surface area (Å²) in [5, 5.41) is 27.3. The van der Waals surface area contributed by atoms with E-state index in [0.29, 0.717) is 18.4 Å². The number of aromatic carboxylic acids is 3. The van der Waals surface area contributed by atoms with Crippen molar-refractivity contribution in [3.8, 4) is 0 Å². The first-order valence-corrected chi connectivity index (χ1v) is 8.20. The summed E-state index contributed by atoms with van der Waals surface area (Å²) >= 11 is 0. The van der Waals surface area contributed by atoms with E-state index < -0.39 is 46.1 Å². The van der Waals surface area contributed by atoms with E-state index in [1.807, 2.05) is 0 Å². The van der Waals surface area contributed by atoms with Crippen molar-refractivity contribution in [2.24, 2.45) is 5.92 Å². The van der Waals surface area contributed by atoms with Gasteiger partial charge >= 0.3 is 23.9 Å². The number of hydrogen-bond acceptors (Lipinski definition) is 5. The molecule has 0 spiro atoms. The highest BCUT2D eigenvalue weighted by Gasteiger charge is 2.26. The third-order valence-electron chi connectivity index (χ3n) is 3.73. The maximum Gasteiger partial charge on any atom is 0.339 e. The molecular formula is C18H22O8. The predicted molar refractivity (Wildman–Crippen MR) is 90.9 cm³/mol. The lowest BCUT2D eigenvalue weighted by atomic mass is 9.98. The van der Waals surface area contributed by atoms with Crippen LogP contribution in [0, 0.1) is 5.92 Å². The van der Waals surface area contributed by atoms with Crippen LogP contribution in [0.3, 0.4) is 0 Å². The third-order valence-corrected chi connectivity index (χ3v) is 3.73. The van der Waals surface area contributed by atoms with Crippen LogP contribution in [0.25, 0.3) is 0 Å². The highest BCUT2D eigenvalue weighted by Crippen LogP contribution is 2.20. The molecule has 0 saturated heterocycles. The second kappa shape index (κ2) is 9.55. The number of ether oxygens (including phenoxy) is 1. The number of carbonyl (C=O) groups is 4. The molecule has 1 aromatic rings. The molecule has 0 saturated carbocycles. The van der Waals surface area contributed by atoms with Crippen molar-refractivity contribution in [3.63, 3.8) is 0 Å². The summed E-state index contributed by atoms with van der Waals surface area (Å²) in [5.41, 5.74) is -2.48. The predicted octanol–water partition coefficient (Wildman–Crippen LogP) is 3.15. The summed E-state index contributed by atoms with van der Waals surface area (Å²) in [6.07, 6.45) is 3.47. The maximum atomic E-state index is 12.1. The Morgan fingerprint density at radius 2 is 1.27 bits per heavy atom. The smallest absolute Gasteiger partial charge is 0.339 e. The zero-order valence-corrected chi connectivity index (χ0v) is 14.7. The number of rotatable bonds is 10. The molecule has 142 valence electrons. The standard InChI is InChI=1S/C18H22O8/c1-10(2)6-4-3-5-7-26-18(25)14-9-12(16(21)22)11(15(19)20)8-13(14)17(23)24/h8-10H,3-7H2,1-2H3,(H,19,20)(H,21,22)(H,23,24). The minimum Gasteiger partial charge on any atom is -0.478 e. The van der Waals surface area contributed by atoms with Gasteiger partial charge in [-0.15, -0.1) is 0 Å². The van der Waals surface area contributed by atoms with Gasteiger partial charge in [-0.1, -0.05) is 33.1 Å². The molecule has 0 aliphatic heterocycles. The van der Waals surface area contributed by atoms with Crippen molar-refractivity contribution in [3.05, 3.63) is 34.4 Å². The van der Waals surface area contributed by atoms with Crippen molar-refractivity contribution in [2.75, 3.05) is 6.61 Å². The Kier molecular flexibility index (Phi) is 7.77. The van der Waals surface area contributed by atoms with Gasteiger partial charge in [-0.2, -0.15) is 0 Å². The lowest BCUT2D eigenvalue weighted by Crippen LogP contribution is -2.17. The molecule has 0 unspecified atom stereocenters. The maximum absolute atomic E-state index is 12.1. The normalized spacial score (nSPS) is 10.6. The molecule has 1 rings (SSSR count). The quantitative estimate of drug-likeness (QED) is 0.424. The first-order valence-electron chi connectivity index (χ1n) is 8.20. The van der Waals surface area contributed by atoms with Crippen LogP contribution < -0.4 is 0 Å². The summed E-state index contributed by atoms with van der Waals surface area (Å²) < 4.78 is 5.02. The van der Waals surface area contributed by atoms with Crippen LogP contribution in [0.1, 0.15) is 81.0 Å². The fourth-order valence-corrected chi connectivity index (χ4v) is 2.37. The molecule has 8 nitrogen and oxygen atoms in total. The van der Waals surface area contributed by atoms with Gasteiger partial charge in [-0.3, -0.25) is 0 Å². The molecule has 0 aromatic heterocycles. The van der Waals surface area contributed by atoms with Gasteiger partial charge in [0.2, 0.25) is 0 Å². The molecule has 0 fully saturated rings. The second-order valence-electron chi connectivity index (χ2n) is 6.24. The van der Waals surface area contributed by atoms with Crippen molar-refractivity contribution >= 4 is 23.9 Å². The van der Waals surface area contributed by atoms with Gasteiger partial charge < -0.3 is 20.1 Å². The van der Waals surface area contributed by atoms with E-state index >= 15 is 0 Å². The average Bonchev–Trinajstić information content (AvgIpc) is 2.55. The summed E-state index contributed by atoms with van der Waals surface area (Å²) in [5.74, 6) is -5.14. The van der Waals surface area contributed by atoms with Crippen LogP contribution >= 0.6 is 0 Å². The van der Waals surface area contributed by atoms with Gasteiger partial charge in [0.05, 0.1) is 28.9 Å². The molecule has 3 N–H and O–H groups in total. The van der Waals surface area contributed by atoms with Crippen molar-refractivity contribution in [2.45, 2.75) is 39.5 Å². The molecule has 0 amide bonds. The number of hydrogen-bond donors (Lipinski definition) is 3. The number of esters is 1. The van der Waals surface area contributed by atoms with E-state index in [-0.39, 0.29) is 6.61 Å². The largest absolute Gasteiger partial charge is 0.478 e. The molecule has 0 radical (unpaired) electrons. The monoisotopic (exact) mass is 366 g/mol. The molecule has 0 aliphatic carbocycles. The average molecular weight is 366 g/mol. The third kappa shape index (κ3) is 5.87. The number of carboxylic acids is 3. The van der Waals surface area contributed by atoms with Crippen molar-refractivity contribution in [1.29, 1.82) is 0 Å². The van der Waals surface area contributed by atoms with E-state index in [1.54, 1.807) is 0 Å².